The molecule has 1 unspecified atom stereocenters. The van der Waals surface area contributed by atoms with E-state index in [4.69, 9.17) is 14.2 Å². The Morgan fingerprint density at radius 1 is 0.273 bits per heavy atom. The lowest BCUT2D eigenvalue weighted by atomic mass is 10.0. The molecule has 77 heavy (non-hydrogen) atoms. The highest BCUT2D eigenvalue weighted by Gasteiger charge is 2.19. The molecule has 0 aromatic heterocycles. The van der Waals surface area contributed by atoms with Crippen molar-refractivity contribution >= 4 is 17.9 Å². The minimum atomic E-state index is -0.784. The van der Waals surface area contributed by atoms with Crippen LogP contribution in [0.4, 0.5) is 0 Å². The predicted octanol–water partition coefficient (Wildman–Crippen LogP) is 22.7. The molecule has 0 spiro atoms. The molecule has 0 rings (SSSR count). The largest absolute Gasteiger partial charge is 0.462 e. The third kappa shape index (κ3) is 63.3. The Morgan fingerprint density at radius 2 is 0.506 bits per heavy atom. The summed E-state index contributed by atoms with van der Waals surface area (Å²) in [4.78, 5) is 38.3. The SMILES string of the molecule is CC/C=C\C/C=C\C/C=C\C/C=C\CCCCCCCCCCCCCCCCCCC(=O)OCC(COC(=O)CCCCCCCCCCCCCCCCC)OC(=O)CCCCCCC/C=C\C/C=C\C/C=C\CC. The first kappa shape index (κ1) is 73.6. The van der Waals surface area contributed by atoms with Crippen molar-refractivity contribution in [3.05, 3.63) is 85.1 Å². The molecule has 6 nitrogen and oxygen atoms in total. The molecule has 0 N–H and O–H groups in total. The number of hydrogen-bond donors (Lipinski definition) is 0. The van der Waals surface area contributed by atoms with Crippen LogP contribution in [-0.4, -0.2) is 37.2 Å². The summed E-state index contributed by atoms with van der Waals surface area (Å²) in [5, 5.41) is 0. The molecule has 0 aliphatic carbocycles. The minimum Gasteiger partial charge on any atom is -0.462 e. The fourth-order valence-corrected chi connectivity index (χ4v) is 9.51. The molecule has 444 valence electrons. The monoisotopic (exact) mass is 1070 g/mol. The molecule has 0 saturated heterocycles. The summed E-state index contributed by atoms with van der Waals surface area (Å²) >= 11 is 0. The summed E-state index contributed by atoms with van der Waals surface area (Å²) in [7, 11) is 0. The van der Waals surface area contributed by atoms with Gasteiger partial charge in [-0.25, -0.2) is 0 Å². The molecule has 0 radical (unpaired) electrons. The second-order valence-corrected chi connectivity index (χ2v) is 22.0. The van der Waals surface area contributed by atoms with Gasteiger partial charge in [0.25, 0.3) is 0 Å². The van der Waals surface area contributed by atoms with E-state index in [-0.39, 0.29) is 31.1 Å². The van der Waals surface area contributed by atoms with Gasteiger partial charge < -0.3 is 14.2 Å². The summed E-state index contributed by atoms with van der Waals surface area (Å²) in [6.45, 7) is 6.44. The van der Waals surface area contributed by atoms with Crippen molar-refractivity contribution in [1.82, 2.24) is 0 Å². The summed E-state index contributed by atoms with van der Waals surface area (Å²) in [6.07, 6.45) is 86.0. The highest BCUT2D eigenvalue weighted by molar-refractivity contribution is 5.71. The van der Waals surface area contributed by atoms with E-state index in [9.17, 15) is 14.4 Å². The van der Waals surface area contributed by atoms with Crippen LogP contribution in [0.5, 0.6) is 0 Å². The van der Waals surface area contributed by atoms with E-state index in [1.165, 1.54) is 167 Å². The van der Waals surface area contributed by atoms with Crippen LogP contribution in [0, 0.1) is 0 Å². The first-order chi connectivity index (χ1) is 38.0. The van der Waals surface area contributed by atoms with Crippen LogP contribution in [0.25, 0.3) is 0 Å². The van der Waals surface area contributed by atoms with Crippen molar-refractivity contribution in [2.24, 2.45) is 0 Å². The second kappa shape index (κ2) is 65.1. The van der Waals surface area contributed by atoms with E-state index in [0.717, 1.165) is 122 Å². The van der Waals surface area contributed by atoms with Gasteiger partial charge in [0.05, 0.1) is 0 Å². The van der Waals surface area contributed by atoms with Crippen molar-refractivity contribution in [1.29, 1.82) is 0 Å². The maximum Gasteiger partial charge on any atom is 0.306 e. The molecule has 0 aromatic carbocycles. The van der Waals surface area contributed by atoms with Crippen LogP contribution in [0.15, 0.2) is 85.1 Å². The Kier molecular flexibility index (Phi) is 62.2. The van der Waals surface area contributed by atoms with Gasteiger partial charge in [0, 0.05) is 19.3 Å². The summed E-state index contributed by atoms with van der Waals surface area (Å²) in [6, 6.07) is 0. The standard InChI is InChI=1S/C71H124O6/c1-4-7-10-13-16-19-22-25-28-29-30-31-32-33-34-35-36-37-38-39-40-41-44-46-49-52-55-58-61-64-70(73)76-67-68(77-71(74)65-62-59-56-53-50-47-43-27-24-21-18-15-12-9-6-3)66-75-69(72)63-60-57-54-51-48-45-42-26-23-20-17-14-11-8-5-2/h7,9-10,12,16,18-19,21,25,27-28,30-31,43,68H,4-6,8,11,13-15,17,20,22-24,26,29,32-42,44-67H2,1-3H3/b10-7-,12-9-,19-16-,21-18-,28-25-,31-30-,43-27-. The Hall–Kier alpha value is -3.41. The van der Waals surface area contributed by atoms with Crippen LogP contribution < -0.4 is 0 Å². The maximum absolute atomic E-state index is 12.9. The van der Waals surface area contributed by atoms with E-state index in [0.29, 0.717) is 19.3 Å². The zero-order valence-corrected chi connectivity index (χ0v) is 51.0. The van der Waals surface area contributed by atoms with Gasteiger partial charge in [-0.2, -0.15) is 0 Å². The Bertz CT molecular complexity index is 1470. The third-order valence-electron chi connectivity index (χ3n) is 14.4. The van der Waals surface area contributed by atoms with Crippen LogP contribution in [0.2, 0.25) is 0 Å². The third-order valence-corrected chi connectivity index (χ3v) is 14.4. The van der Waals surface area contributed by atoms with Gasteiger partial charge in [-0.3, -0.25) is 14.4 Å². The quantitative estimate of drug-likeness (QED) is 0.0261. The Balaban J connectivity index is 4.23. The van der Waals surface area contributed by atoms with Gasteiger partial charge in [0.15, 0.2) is 6.10 Å². The Morgan fingerprint density at radius 3 is 0.792 bits per heavy atom. The molecule has 0 aliphatic heterocycles. The van der Waals surface area contributed by atoms with E-state index < -0.39 is 6.10 Å². The van der Waals surface area contributed by atoms with Gasteiger partial charge in [0.1, 0.15) is 13.2 Å². The summed E-state index contributed by atoms with van der Waals surface area (Å²) in [5.41, 5.74) is 0. The number of hydrogen-bond acceptors (Lipinski definition) is 6. The average Bonchev–Trinajstić information content (AvgIpc) is 3.43. The normalized spacial score (nSPS) is 12.6. The number of unbranched alkanes of at least 4 members (excludes halogenated alkanes) is 35. The van der Waals surface area contributed by atoms with Crippen LogP contribution in [-0.2, 0) is 28.6 Å². The van der Waals surface area contributed by atoms with Crippen molar-refractivity contribution in [2.75, 3.05) is 13.2 Å². The van der Waals surface area contributed by atoms with Gasteiger partial charge >= 0.3 is 17.9 Å². The molecule has 0 bridgehead atoms. The van der Waals surface area contributed by atoms with Crippen LogP contribution >= 0.6 is 0 Å². The van der Waals surface area contributed by atoms with Crippen molar-refractivity contribution in [2.45, 2.75) is 335 Å². The molecule has 6 heteroatoms. The fraction of sp³-hybridized carbons (Fsp3) is 0.761. The van der Waals surface area contributed by atoms with E-state index in [1.807, 2.05) is 0 Å². The van der Waals surface area contributed by atoms with E-state index in [2.05, 4.69) is 106 Å². The number of allylic oxidation sites excluding steroid dienone is 14. The molecular formula is C71H124O6. The first-order valence-electron chi connectivity index (χ1n) is 33.1. The maximum atomic E-state index is 12.9. The number of carbonyl (C=O) groups is 3. The second-order valence-electron chi connectivity index (χ2n) is 22.0. The molecular weight excluding hydrogens is 949 g/mol. The van der Waals surface area contributed by atoms with Crippen molar-refractivity contribution in [3.63, 3.8) is 0 Å². The first-order valence-corrected chi connectivity index (χ1v) is 33.1. The number of rotatable bonds is 60. The zero-order chi connectivity index (χ0) is 55.7. The lowest BCUT2D eigenvalue weighted by Gasteiger charge is -2.18. The highest BCUT2D eigenvalue weighted by atomic mass is 16.6. The average molecular weight is 1070 g/mol. The number of ether oxygens (including phenoxy) is 3. The van der Waals surface area contributed by atoms with Crippen molar-refractivity contribution in [3.8, 4) is 0 Å². The van der Waals surface area contributed by atoms with Crippen LogP contribution in [0.1, 0.15) is 329 Å². The topological polar surface area (TPSA) is 78.9 Å². The molecule has 0 aliphatic rings. The zero-order valence-electron chi connectivity index (χ0n) is 51.0. The van der Waals surface area contributed by atoms with E-state index in [1.54, 1.807) is 0 Å². The molecule has 0 heterocycles. The minimum absolute atomic E-state index is 0.0789. The van der Waals surface area contributed by atoms with Gasteiger partial charge in [-0.1, -0.05) is 305 Å². The summed E-state index contributed by atoms with van der Waals surface area (Å²) in [5.74, 6) is -0.879. The summed E-state index contributed by atoms with van der Waals surface area (Å²) < 4.78 is 16.9. The van der Waals surface area contributed by atoms with Gasteiger partial charge in [-0.15, -0.1) is 0 Å². The van der Waals surface area contributed by atoms with Crippen LogP contribution in [0.3, 0.4) is 0 Å². The molecule has 1 atom stereocenters. The van der Waals surface area contributed by atoms with E-state index >= 15 is 0 Å². The molecule has 0 amide bonds. The number of esters is 3. The molecule has 0 aromatic rings. The lowest BCUT2D eigenvalue weighted by Crippen LogP contribution is -2.30. The number of carbonyl (C=O) groups excluding carboxylic acids is 3. The Labute approximate surface area is 477 Å². The smallest absolute Gasteiger partial charge is 0.306 e. The van der Waals surface area contributed by atoms with Gasteiger partial charge in [-0.05, 0) is 89.9 Å². The highest BCUT2D eigenvalue weighted by Crippen LogP contribution is 2.17. The molecule has 0 saturated carbocycles. The predicted molar refractivity (Wildman–Crippen MR) is 334 cm³/mol. The van der Waals surface area contributed by atoms with Crippen molar-refractivity contribution < 1.29 is 28.6 Å². The lowest BCUT2D eigenvalue weighted by molar-refractivity contribution is -0.167. The molecule has 0 fully saturated rings. The van der Waals surface area contributed by atoms with Gasteiger partial charge in [0.2, 0.25) is 0 Å². The fourth-order valence-electron chi connectivity index (χ4n) is 9.51.